The van der Waals surface area contributed by atoms with E-state index in [1.54, 1.807) is 61.6 Å². The molecular formula is C49H79N15O9. The van der Waals surface area contributed by atoms with Gasteiger partial charge in [0.1, 0.15) is 42.3 Å². The van der Waals surface area contributed by atoms with Gasteiger partial charge in [0.25, 0.3) is 0 Å². The van der Waals surface area contributed by atoms with E-state index in [1.165, 1.54) is 12.5 Å². The Hall–Kier alpha value is -7.08. The third kappa shape index (κ3) is 19.1. The number of guanidine groups is 1. The summed E-state index contributed by atoms with van der Waals surface area (Å²) in [6.07, 6.45) is 6.22. The molecule has 0 aliphatic heterocycles. The number of unbranched alkanes of at least 4 members (excludes halogenated alkanes) is 1. The van der Waals surface area contributed by atoms with Gasteiger partial charge in [0, 0.05) is 48.4 Å². The number of para-hydroxylation sites is 1. The van der Waals surface area contributed by atoms with Crippen LogP contribution in [0.5, 0.6) is 0 Å². The van der Waals surface area contributed by atoms with Crippen molar-refractivity contribution in [1.29, 1.82) is 0 Å². The Morgan fingerprint density at radius 2 is 1.08 bits per heavy atom. The van der Waals surface area contributed by atoms with Crippen LogP contribution in [-0.2, 0) is 51.2 Å². The van der Waals surface area contributed by atoms with E-state index in [0.717, 1.165) is 10.9 Å². The molecule has 18 N–H and O–H groups in total. The second-order valence-corrected chi connectivity index (χ2v) is 19.6. The van der Waals surface area contributed by atoms with Crippen LogP contribution in [0.25, 0.3) is 10.9 Å². The first-order valence-corrected chi connectivity index (χ1v) is 24.8. The zero-order valence-electron chi connectivity index (χ0n) is 43.3. The van der Waals surface area contributed by atoms with Gasteiger partial charge in [-0.25, -0.2) is 9.78 Å². The standard InChI is InChI=1S/C49H79N15O9/c1-25(2)37(61-41(65)32(51)15-13-19-55-49(52)53)44(68)60-36(21-30-23-54-24-57-30)43(67)62-39(27(5)6)46(70)64-40(28(7)8)47(71)63-38(26(3)4)45(69)59-35(20-29-22-56-33-16-10-9-14-31(29)33)42(66)58-34(48(72)73)17-11-12-18-50/h9-10,14,16,22-28,32,34-40,56H,11-13,15,17-21,50-51H2,1-8H3,(H,54,57)(H,58,66)(H,59,69)(H,60,68)(H,61,65)(H,62,67)(H,63,71)(H,64,70)(H,72,73)(H4,52,53,55)/t32-,34-,35-,36-,37-,38-,39-,40-/m0/s1. The van der Waals surface area contributed by atoms with E-state index in [-0.39, 0.29) is 38.2 Å². The molecule has 73 heavy (non-hydrogen) atoms. The molecule has 1 aromatic carbocycles. The molecule has 8 atom stereocenters. The zero-order valence-corrected chi connectivity index (χ0v) is 43.3. The molecule has 24 nitrogen and oxygen atoms in total. The number of aromatic amines is 2. The Kier molecular flexibility index (Phi) is 24.3. The summed E-state index contributed by atoms with van der Waals surface area (Å²) in [5.41, 5.74) is 24.4. The second kappa shape index (κ2) is 29.4. The van der Waals surface area contributed by atoms with E-state index >= 15 is 0 Å². The molecule has 3 aromatic rings. The minimum Gasteiger partial charge on any atom is -0.480 e. The van der Waals surface area contributed by atoms with Crippen molar-refractivity contribution in [2.45, 2.75) is 149 Å². The third-order valence-corrected chi connectivity index (χ3v) is 12.2. The highest BCUT2D eigenvalue weighted by atomic mass is 16.4. The third-order valence-electron chi connectivity index (χ3n) is 12.2. The van der Waals surface area contributed by atoms with Gasteiger partial charge in [0.2, 0.25) is 41.4 Å². The summed E-state index contributed by atoms with van der Waals surface area (Å²) in [7, 11) is 0. The summed E-state index contributed by atoms with van der Waals surface area (Å²) in [4.78, 5) is 124. The quantitative estimate of drug-likeness (QED) is 0.0215. The van der Waals surface area contributed by atoms with Crippen molar-refractivity contribution in [3.05, 3.63) is 54.2 Å². The molecule has 2 aromatic heterocycles. The average molecular weight is 1020 g/mol. The van der Waals surface area contributed by atoms with Crippen LogP contribution in [0, 0.1) is 23.7 Å². The average Bonchev–Trinajstić information content (AvgIpc) is 4.00. The molecule has 0 fully saturated rings. The maximum atomic E-state index is 14.2. The topological polar surface area (TPSA) is 402 Å². The number of benzene rings is 1. The Morgan fingerprint density at radius 1 is 0.603 bits per heavy atom. The number of rotatable bonds is 31. The van der Waals surface area contributed by atoms with E-state index in [4.69, 9.17) is 22.9 Å². The van der Waals surface area contributed by atoms with Gasteiger partial charge in [-0.15, -0.1) is 0 Å². The molecule has 0 bridgehead atoms. The minimum absolute atomic E-state index is 0.0257. The number of hydrogen-bond donors (Lipinski definition) is 14. The molecule has 0 aliphatic carbocycles. The first kappa shape index (κ1) is 60.2. The Bertz CT molecular complexity index is 2330. The number of aromatic nitrogens is 3. The summed E-state index contributed by atoms with van der Waals surface area (Å²) >= 11 is 0. The van der Waals surface area contributed by atoms with Crippen LogP contribution < -0.4 is 60.2 Å². The fraction of sp³-hybridized carbons (Fsp3) is 0.592. The van der Waals surface area contributed by atoms with E-state index < -0.39 is 119 Å². The first-order chi connectivity index (χ1) is 34.4. The number of nitrogens with one attached hydrogen (secondary N) is 9. The number of fused-ring (bicyclic) bond motifs is 1. The molecular weight excluding hydrogens is 943 g/mol. The van der Waals surface area contributed by atoms with Crippen LogP contribution >= 0.6 is 0 Å². The molecule has 24 heteroatoms. The fourth-order valence-electron chi connectivity index (χ4n) is 7.89. The van der Waals surface area contributed by atoms with Crippen molar-refractivity contribution in [2.75, 3.05) is 13.1 Å². The number of H-pyrrole nitrogens is 2. The molecule has 0 aliphatic rings. The molecule has 0 unspecified atom stereocenters. The molecule has 0 saturated carbocycles. The highest BCUT2D eigenvalue weighted by Crippen LogP contribution is 2.20. The lowest BCUT2D eigenvalue weighted by atomic mass is 9.97. The predicted octanol–water partition coefficient (Wildman–Crippen LogP) is -0.712. The number of amides is 7. The van der Waals surface area contributed by atoms with Crippen molar-refractivity contribution < 1.29 is 43.5 Å². The second-order valence-electron chi connectivity index (χ2n) is 19.6. The van der Waals surface area contributed by atoms with Gasteiger partial charge in [-0.1, -0.05) is 73.6 Å². The Morgan fingerprint density at radius 3 is 1.58 bits per heavy atom. The van der Waals surface area contributed by atoms with Gasteiger partial charge in [0.15, 0.2) is 5.96 Å². The number of carbonyl (C=O) groups excluding carboxylic acids is 7. The SMILES string of the molecule is CC(C)[C@H](NC(=O)[C@H](Cc1cnc[nH]1)NC(=O)[C@@H](NC(=O)[C@@H](N)CCCN=C(N)N)C(C)C)C(=O)N[C@H](C(=O)N[C@H](C(=O)N[C@@H](Cc1c[nH]c2ccccc12)C(=O)N[C@@H](CCCCN)C(=O)O)C(C)C)C(C)C. The molecule has 0 spiro atoms. The maximum Gasteiger partial charge on any atom is 0.326 e. The lowest BCUT2D eigenvalue weighted by Gasteiger charge is -2.31. The summed E-state index contributed by atoms with van der Waals surface area (Å²) in [6, 6.07) is -2.23. The van der Waals surface area contributed by atoms with E-state index in [0.29, 0.717) is 37.1 Å². The molecule has 0 radical (unpaired) electrons. The molecule has 7 amide bonds. The van der Waals surface area contributed by atoms with Gasteiger partial charge in [0.05, 0.1) is 12.4 Å². The number of carbonyl (C=O) groups is 8. The van der Waals surface area contributed by atoms with Crippen LogP contribution in [0.3, 0.4) is 0 Å². The zero-order chi connectivity index (χ0) is 54.5. The van der Waals surface area contributed by atoms with Crippen LogP contribution in [-0.4, -0.2) is 135 Å². The molecule has 3 rings (SSSR count). The summed E-state index contributed by atoms with van der Waals surface area (Å²) < 4.78 is 0. The van der Waals surface area contributed by atoms with Crippen LogP contribution in [0.4, 0.5) is 0 Å². The van der Waals surface area contributed by atoms with Gasteiger partial charge >= 0.3 is 5.97 Å². The van der Waals surface area contributed by atoms with Crippen molar-refractivity contribution in [3.63, 3.8) is 0 Å². The molecule has 0 saturated heterocycles. The number of aliphatic imine (C=N–C) groups is 1. The monoisotopic (exact) mass is 1020 g/mol. The summed E-state index contributed by atoms with van der Waals surface area (Å²) in [5.74, 6) is -8.37. The maximum absolute atomic E-state index is 14.2. The molecule has 2 heterocycles. The van der Waals surface area contributed by atoms with Gasteiger partial charge in [-0.2, -0.15) is 0 Å². The first-order valence-electron chi connectivity index (χ1n) is 24.8. The van der Waals surface area contributed by atoms with Gasteiger partial charge in [-0.3, -0.25) is 38.6 Å². The van der Waals surface area contributed by atoms with E-state index in [2.05, 4.69) is 57.2 Å². The number of nitrogens with two attached hydrogens (primary N) is 4. The van der Waals surface area contributed by atoms with Crippen molar-refractivity contribution >= 4 is 64.2 Å². The van der Waals surface area contributed by atoms with Gasteiger partial charge < -0.3 is 75.2 Å². The van der Waals surface area contributed by atoms with Gasteiger partial charge in [-0.05, 0) is 74.0 Å². The summed E-state index contributed by atoms with van der Waals surface area (Å²) in [5, 5.41) is 29.7. The lowest BCUT2D eigenvalue weighted by Crippen LogP contribution is -2.62. The number of aliphatic carboxylic acids is 1. The summed E-state index contributed by atoms with van der Waals surface area (Å²) in [6.45, 7) is 14.1. The normalized spacial score (nSPS) is 14.8. The van der Waals surface area contributed by atoms with E-state index in [9.17, 15) is 43.5 Å². The predicted molar refractivity (Wildman–Crippen MR) is 276 cm³/mol. The Balaban J connectivity index is 1.82. The van der Waals surface area contributed by atoms with Crippen LogP contribution in [0.1, 0.15) is 98.8 Å². The van der Waals surface area contributed by atoms with Crippen LogP contribution in [0.2, 0.25) is 0 Å². The highest BCUT2D eigenvalue weighted by Gasteiger charge is 2.37. The van der Waals surface area contributed by atoms with Crippen molar-refractivity contribution in [3.8, 4) is 0 Å². The molecule has 404 valence electrons. The lowest BCUT2D eigenvalue weighted by molar-refractivity contribution is -0.142. The highest BCUT2D eigenvalue weighted by molar-refractivity contribution is 5.98. The number of imidazole rings is 1. The van der Waals surface area contributed by atoms with Crippen molar-refractivity contribution in [2.24, 2.45) is 51.6 Å². The fourth-order valence-corrected chi connectivity index (χ4v) is 7.89. The number of carboxylic acids is 1. The number of nitrogens with zero attached hydrogens (tertiary/aromatic N) is 2. The van der Waals surface area contributed by atoms with Crippen molar-refractivity contribution in [1.82, 2.24) is 52.2 Å². The number of carboxylic acid groups (broad SMARTS) is 1. The minimum atomic E-state index is -1.28. The van der Waals surface area contributed by atoms with Crippen LogP contribution in [0.15, 0.2) is 48.0 Å². The largest absolute Gasteiger partial charge is 0.480 e. The smallest absolute Gasteiger partial charge is 0.326 e. The Labute approximate surface area is 426 Å². The van der Waals surface area contributed by atoms with E-state index in [1.807, 2.05) is 24.3 Å². The number of hydrogen-bond acceptors (Lipinski definition) is 12.